The number of benzene rings is 1. The Morgan fingerprint density at radius 2 is 2.05 bits per heavy atom. The Hall–Kier alpha value is -1.88. The number of nitrogens with zero attached hydrogens (tertiary/aromatic N) is 3. The molecule has 3 aromatic rings. The molecule has 5 heteroatoms. The monoisotopic (exact) mass is 344 g/mol. The van der Waals surface area contributed by atoms with E-state index in [2.05, 4.69) is 56.5 Å². The molecular weight excluding hydrogens is 328 g/mol. The van der Waals surface area contributed by atoms with Gasteiger partial charge >= 0.3 is 0 Å². The van der Waals surface area contributed by atoms with Crippen molar-refractivity contribution < 1.29 is 0 Å². The first-order valence-corrected chi connectivity index (χ1v) is 7.62. The van der Waals surface area contributed by atoms with Crippen molar-refractivity contribution in [2.75, 3.05) is 5.32 Å². The fourth-order valence-electron chi connectivity index (χ4n) is 2.43. The molecule has 0 aliphatic rings. The van der Waals surface area contributed by atoms with Gasteiger partial charge < -0.3 is 5.32 Å². The first kappa shape index (κ1) is 14.1. The van der Waals surface area contributed by atoms with Gasteiger partial charge in [0.2, 0.25) is 0 Å². The molecule has 1 N–H and O–H groups in total. The summed E-state index contributed by atoms with van der Waals surface area (Å²) in [6, 6.07) is 8.40. The summed E-state index contributed by atoms with van der Waals surface area (Å²) in [7, 11) is 1.92. The molecule has 0 bridgehead atoms. The Morgan fingerprint density at radius 3 is 2.86 bits per heavy atom. The molecule has 3 rings (SSSR count). The number of hydrogen-bond donors (Lipinski definition) is 1. The molecule has 0 amide bonds. The van der Waals surface area contributed by atoms with Crippen LogP contribution in [0, 0.1) is 13.8 Å². The van der Waals surface area contributed by atoms with Crippen LogP contribution in [0.25, 0.3) is 11.0 Å². The third kappa shape index (κ3) is 2.78. The lowest BCUT2D eigenvalue weighted by atomic mass is 10.1. The third-order valence-electron chi connectivity index (χ3n) is 3.60. The highest BCUT2D eigenvalue weighted by molar-refractivity contribution is 9.10. The van der Waals surface area contributed by atoms with Crippen molar-refractivity contribution in [3.05, 3.63) is 51.8 Å². The number of aromatic nitrogens is 3. The van der Waals surface area contributed by atoms with Gasteiger partial charge in [0.15, 0.2) is 5.65 Å². The molecule has 0 saturated carbocycles. The van der Waals surface area contributed by atoms with E-state index < -0.39 is 0 Å². The van der Waals surface area contributed by atoms with E-state index >= 15 is 0 Å². The van der Waals surface area contributed by atoms with Gasteiger partial charge in [-0.25, -0.2) is 4.98 Å². The van der Waals surface area contributed by atoms with Gasteiger partial charge in [-0.1, -0.05) is 22.0 Å². The molecule has 0 radical (unpaired) electrons. The van der Waals surface area contributed by atoms with Crippen molar-refractivity contribution in [1.29, 1.82) is 0 Å². The van der Waals surface area contributed by atoms with Crippen LogP contribution in [0.4, 0.5) is 5.69 Å². The normalized spacial score (nSPS) is 11.0. The molecule has 0 spiro atoms. The van der Waals surface area contributed by atoms with Gasteiger partial charge in [0.05, 0.1) is 5.69 Å². The third-order valence-corrected chi connectivity index (χ3v) is 4.10. The molecule has 0 aliphatic carbocycles. The highest BCUT2D eigenvalue weighted by Gasteiger charge is 2.07. The number of fused-ring (bicyclic) bond motifs is 1. The second-order valence-corrected chi connectivity index (χ2v) is 6.15. The number of pyridine rings is 1. The molecule has 0 aliphatic heterocycles. The average Bonchev–Trinajstić information content (AvgIpc) is 2.75. The average molecular weight is 345 g/mol. The van der Waals surface area contributed by atoms with Crippen LogP contribution >= 0.6 is 15.9 Å². The van der Waals surface area contributed by atoms with Crippen molar-refractivity contribution in [2.45, 2.75) is 20.4 Å². The van der Waals surface area contributed by atoms with Crippen molar-refractivity contribution in [2.24, 2.45) is 7.05 Å². The molecule has 4 nitrogen and oxygen atoms in total. The fraction of sp³-hybridized carbons (Fsp3) is 0.250. The van der Waals surface area contributed by atoms with Gasteiger partial charge in [-0.15, -0.1) is 0 Å². The Bertz CT molecular complexity index is 807. The maximum Gasteiger partial charge on any atom is 0.157 e. The predicted molar refractivity (Wildman–Crippen MR) is 89.5 cm³/mol. The van der Waals surface area contributed by atoms with Crippen LogP contribution in [0.5, 0.6) is 0 Å². The lowest BCUT2D eigenvalue weighted by Crippen LogP contribution is -2.02. The van der Waals surface area contributed by atoms with E-state index in [1.165, 1.54) is 5.56 Å². The summed E-state index contributed by atoms with van der Waals surface area (Å²) in [5.41, 5.74) is 5.45. The standard InChI is InChI=1S/C16H17BrN4/c1-10-4-5-13(17)7-15(10)18-8-12-6-14-11(2)20-21(3)16(14)19-9-12/h4-7,9,18H,8H2,1-3H3. The number of aryl methyl sites for hydroxylation is 3. The zero-order valence-corrected chi connectivity index (χ0v) is 13.9. The lowest BCUT2D eigenvalue weighted by Gasteiger charge is -2.10. The molecule has 21 heavy (non-hydrogen) atoms. The maximum absolute atomic E-state index is 4.50. The maximum atomic E-state index is 4.50. The van der Waals surface area contributed by atoms with Gasteiger partial charge in [-0.2, -0.15) is 5.10 Å². The molecule has 0 unspecified atom stereocenters. The summed E-state index contributed by atoms with van der Waals surface area (Å²) in [5.74, 6) is 0. The minimum absolute atomic E-state index is 0.745. The molecule has 0 fully saturated rings. The number of halogens is 1. The van der Waals surface area contributed by atoms with Gasteiger partial charge in [0.25, 0.3) is 0 Å². The van der Waals surface area contributed by atoms with Gasteiger partial charge in [-0.05, 0) is 43.2 Å². The summed E-state index contributed by atoms with van der Waals surface area (Å²) < 4.78 is 2.90. The summed E-state index contributed by atoms with van der Waals surface area (Å²) in [5, 5.41) is 8.98. The van der Waals surface area contributed by atoms with Crippen LogP contribution in [0.1, 0.15) is 16.8 Å². The van der Waals surface area contributed by atoms with Crippen molar-refractivity contribution in [3.63, 3.8) is 0 Å². The first-order valence-electron chi connectivity index (χ1n) is 6.83. The molecule has 1 aromatic carbocycles. The zero-order chi connectivity index (χ0) is 15.0. The molecular formula is C16H17BrN4. The number of anilines is 1. The second kappa shape index (κ2) is 5.48. The van der Waals surface area contributed by atoms with E-state index in [0.717, 1.165) is 39.0 Å². The quantitative estimate of drug-likeness (QED) is 0.781. The number of hydrogen-bond acceptors (Lipinski definition) is 3. The van der Waals surface area contributed by atoms with E-state index in [1.807, 2.05) is 30.9 Å². The lowest BCUT2D eigenvalue weighted by molar-refractivity contribution is 0.773. The Balaban J connectivity index is 1.85. The van der Waals surface area contributed by atoms with Crippen molar-refractivity contribution in [3.8, 4) is 0 Å². The van der Waals surface area contributed by atoms with Crippen LogP contribution in [0.15, 0.2) is 34.9 Å². The second-order valence-electron chi connectivity index (χ2n) is 5.24. The number of rotatable bonds is 3. The zero-order valence-electron chi connectivity index (χ0n) is 12.3. The molecule has 2 heterocycles. The van der Waals surface area contributed by atoms with Gasteiger partial charge in [0.1, 0.15) is 0 Å². The van der Waals surface area contributed by atoms with Crippen LogP contribution in [0.3, 0.4) is 0 Å². The van der Waals surface area contributed by atoms with Gasteiger partial charge in [0, 0.05) is 35.3 Å². The number of nitrogens with one attached hydrogen (secondary N) is 1. The molecule has 108 valence electrons. The summed E-state index contributed by atoms with van der Waals surface area (Å²) >= 11 is 3.50. The predicted octanol–water partition coefficient (Wildman–Crippen LogP) is 3.96. The SMILES string of the molecule is Cc1ccc(Br)cc1NCc1cnc2c(c1)c(C)nn2C. The van der Waals surface area contributed by atoms with Crippen molar-refractivity contribution in [1.82, 2.24) is 14.8 Å². The summed E-state index contributed by atoms with van der Waals surface area (Å²) in [6.45, 7) is 4.86. The van der Waals surface area contributed by atoms with Crippen LogP contribution in [0.2, 0.25) is 0 Å². The van der Waals surface area contributed by atoms with E-state index in [0.29, 0.717) is 0 Å². The first-order chi connectivity index (χ1) is 10.0. The Morgan fingerprint density at radius 1 is 1.24 bits per heavy atom. The van der Waals surface area contributed by atoms with E-state index in [1.54, 1.807) is 0 Å². The molecule has 2 aromatic heterocycles. The highest BCUT2D eigenvalue weighted by Crippen LogP contribution is 2.22. The topological polar surface area (TPSA) is 42.7 Å². The van der Waals surface area contributed by atoms with E-state index in [9.17, 15) is 0 Å². The van der Waals surface area contributed by atoms with Crippen LogP contribution in [-0.4, -0.2) is 14.8 Å². The van der Waals surface area contributed by atoms with Gasteiger partial charge in [-0.3, -0.25) is 4.68 Å². The minimum atomic E-state index is 0.745. The van der Waals surface area contributed by atoms with Crippen LogP contribution < -0.4 is 5.32 Å². The Kier molecular flexibility index (Phi) is 3.68. The fourth-order valence-corrected chi connectivity index (χ4v) is 2.79. The smallest absolute Gasteiger partial charge is 0.157 e. The summed E-state index contributed by atoms with van der Waals surface area (Å²) in [6.07, 6.45) is 1.91. The summed E-state index contributed by atoms with van der Waals surface area (Å²) in [4.78, 5) is 4.50. The largest absolute Gasteiger partial charge is 0.381 e. The Labute approximate surface area is 132 Å². The molecule has 0 atom stereocenters. The van der Waals surface area contributed by atoms with E-state index in [-0.39, 0.29) is 0 Å². The highest BCUT2D eigenvalue weighted by atomic mass is 79.9. The molecule has 0 saturated heterocycles. The van der Waals surface area contributed by atoms with Crippen LogP contribution in [-0.2, 0) is 13.6 Å². The minimum Gasteiger partial charge on any atom is -0.381 e. The van der Waals surface area contributed by atoms with Crippen molar-refractivity contribution >= 4 is 32.7 Å². The van der Waals surface area contributed by atoms with E-state index in [4.69, 9.17) is 0 Å².